The zero-order chi connectivity index (χ0) is 13.7. The van der Waals surface area contributed by atoms with Crippen molar-refractivity contribution >= 4 is 45.8 Å². The molecule has 0 fully saturated rings. The third kappa shape index (κ3) is 4.63. The SMILES string of the molecule is Clc1ccc(C(CI)OCc2cccc(Cl)c2)cc1. The Kier molecular flexibility index (Phi) is 5.95. The smallest absolute Gasteiger partial charge is 0.0918 e. The van der Waals surface area contributed by atoms with Crippen molar-refractivity contribution in [2.45, 2.75) is 12.7 Å². The van der Waals surface area contributed by atoms with Crippen LogP contribution in [0.3, 0.4) is 0 Å². The van der Waals surface area contributed by atoms with Crippen molar-refractivity contribution in [2.75, 3.05) is 4.43 Å². The van der Waals surface area contributed by atoms with E-state index in [9.17, 15) is 0 Å². The van der Waals surface area contributed by atoms with Gasteiger partial charge in [-0.3, -0.25) is 0 Å². The van der Waals surface area contributed by atoms with Gasteiger partial charge in [0.15, 0.2) is 0 Å². The quantitative estimate of drug-likeness (QED) is 0.458. The minimum absolute atomic E-state index is 0.0665. The molecule has 0 amide bonds. The molecule has 0 aliphatic rings. The van der Waals surface area contributed by atoms with Crippen molar-refractivity contribution in [3.05, 3.63) is 69.7 Å². The number of hydrogen-bond donors (Lipinski definition) is 0. The average molecular weight is 407 g/mol. The van der Waals surface area contributed by atoms with E-state index in [1.165, 1.54) is 0 Å². The van der Waals surface area contributed by atoms with E-state index in [-0.39, 0.29) is 6.10 Å². The Morgan fingerprint density at radius 1 is 1.00 bits per heavy atom. The molecule has 2 rings (SSSR count). The Hall–Kier alpha value is -0.290. The molecule has 1 atom stereocenters. The van der Waals surface area contributed by atoms with Crippen molar-refractivity contribution in [1.82, 2.24) is 0 Å². The van der Waals surface area contributed by atoms with Crippen LogP contribution in [0.25, 0.3) is 0 Å². The molecule has 0 aliphatic heterocycles. The van der Waals surface area contributed by atoms with Crippen LogP contribution in [0.15, 0.2) is 48.5 Å². The van der Waals surface area contributed by atoms with Crippen molar-refractivity contribution < 1.29 is 4.74 Å². The van der Waals surface area contributed by atoms with Crippen LogP contribution in [-0.2, 0) is 11.3 Å². The standard InChI is InChI=1S/C15H13Cl2IO/c16-13-6-4-12(5-7-13)15(9-18)19-10-11-2-1-3-14(17)8-11/h1-8,15H,9-10H2. The number of ether oxygens (including phenoxy) is 1. The number of halogens is 3. The van der Waals surface area contributed by atoms with Crippen LogP contribution in [0, 0.1) is 0 Å². The summed E-state index contributed by atoms with van der Waals surface area (Å²) >= 11 is 14.2. The lowest BCUT2D eigenvalue weighted by Crippen LogP contribution is -2.05. The topological polar surface area (TPSA) is 9.23 Å². The lowest BCUT2D eigenvalue weighted by molar-refractivity contribution is 0.0577. The molecule has 0 N–H and O–H groups in total. The van der Waals surface area contributed by atoms with E-state index >= 15 is 0 Å². The Balaban J connectivity index is 2.01. The molecular weight excluding hydrogens is 394 g/mol. The van der Waals surface area contributed by atoms with Gasteiger partial charge in [0.05, 0.1) is 12.7 Å². The second-order valence-corrected chi connectivity index (χ2v) is 5.89. The summed E-state index contributed by atoms with van der Waals surface area (Å²) in [4.78, 5) is 0. The predicted molar refractivity (Wildman–Crippen MR) is 89.3 cm³/mol. The fraction of sp³-hybridized carbons (Fsp3) is 0.200. The normalized spacial score (nSPS) is 12.4. The molecule has 0 saturated heterocycles. The van der Waals surface area contributed by atoms with E-state index in [0.717, 1.165) is 25.6 Å². The molecule has 0 bridgehead atoms. The van der Waals surface area contributed by atoms with Gasteiger partial charge in [-0.05, 0) is 35.4 Å². The van der Waals surface area contributed by atoms with Crippen molar-refractivity contribution in [3.63, 3.8) is 0 Å². The fourth-order valence-electron chi connectivity index (χ4n) is 1.73. The van der Waals surface area contributed by atoms with Crippen LogP contribution in [0.4, 0.5) is 0 Å². The summed E-state index contributed by atoms with van der Waals surface area (Å²) in [5.41, 5.74) is 2.22. The van der Waals surface area contributed by atoms with Gasteiger partial charge in [-0.25, -0.2) is 0 Å². The first-order valence-electron chi connectivity index (χ1n) is 5.86. The summed E-state index contributed by atoms with van der Waals surface area (Å²) in [5, 5.41) is 1.48. The van der Waals surface area contributed by atoms with Gasteiger partial charge in [0.25, 0.3) is 0 Å². The van der Waals surface area contributed by atoms with Crippen molar-refractivity contribution in [3.8, 4) is 0 Å². The maximum atomic E-state index is 5.96. The molecule has 0 spiro atoms. The first-order valence-corrected chi connectivity index (χ1v) is 8.14. The van der Waals surface area contributed by atoms with E-state index < -0.39 is 0 Å². The van der Waals surface area contributed by atoms with Gasteiger partial charge in [-0.15, -0.1) is 0 Å². The molecule has 1 nitrogen and oxygen atoms in total. The first kappa shape index (κ1) is 15.1. The summed E-state index contributed by atoms with van der Waals surface area (Å²) in [5.74, 6) is 0. The first-order chi connectivity index (χ1) is 9.19. The molecule has 19 heavy (non-hydrogen) atoms. The lowest BCUT2D eigenvalue weighted by Gasteiger charge is -2.16. The van der Waals surface area contributed by atoms with Crippen LogP contribution < -0.4 is 0 Å². The summed E-state index contributed by atoms with van der Waals surface area (Å²) in [6, 6.07) is 15.5. The van der Waals surface area contributed by atoms with Gasteiger partial charge in [-0.1, -0.05) is 70.1 Å². The monoisotopic (exact) mass is 406 g/mol. The second kappa shape index (κ2) is 7.48. The highest BCUT2D eigenvalue weighted by Gasteiger charge is 2.10. The van der Waals surface area contributed by atoms with Crippen LogP contribution in [0.2, 0.25) is 10.0 Å². The maximum absolute atomic E-state index is 5.96. The zero-order valence-electron chi connectivity index (χ0n) is 10.2. The Morgan fingerprint density at radius 3 is 2.37 bits per heavy atom. The third-order valence-corrected chi connectivity index (χ3v) is 4.01. The van der Waals surface area contributed by atoms with Crippen molar-refractivity contribution in [2.24, 2.45) is 0 Å². The molecule has 2 aromatic rings. The molecular formula is C15H13Cl2IO. The second-order valence-electron chi connectivity index (χ2n) is 4.14. The zero-order valence-corrected chi connectivity index (χ0v) is 13.8. The molecule has 0 aliphatic carbocycles. The van der Waals surface area contributed by atoms with E-state index in [4.69, 9.17) is 27.9 Å². The molecule has 0 heterocycles. The molecule has 0 aromatic heterocycles. The van der Waals surface area contributed by atoms with E-state index in [0.29, 0.717) is 6.61 Å². The highest BCUT2D eigenvalue weighted by molar-refractivity contribution is 14.1. The predicted octanol–water partition coefficient (Wildman–Crippen LogP) is 5.69. The largest absolute Gasteiger partial charge is 0.368 e. The van der Waals surface area contributed by atoms with E-state index in [1.54, 1.807) is 0 Å². The third-order valence-electron chi connectivity index (χ3n) is 2.72. The van der Waals surface area contributed by atoms with Gasteiger partial charge in [0.1, 0.15) is 0 Å². The molecule has 2 aromatic carbocycles. The molecule has 1 unspecified atom stereocenters. The number of hydrogen-bond acceptors (Lipinski definition) is 1. The Bertz CT molecular complexity index is 528. The summed E-state index contributed by atoms with van der Waals surface area (Å²) in [6.07, 6.45) is 0.0665. The van der Waals surface area contributed by atoms with Crippen LogP contribution in [0.5, 0.6) is 0 Å². The Labute approximate surface area is 137 Å². The highest BCUT2D eigenvalue weighted by Crippen LogP contribution is 2.23. The molecule has 4 heteroatoms. The average Bonchev–Trinajstić information content (AvgIpc) is 2.41. The Morgan fingerprint density at radius 2 is 1.74 bits per heavy atom. The summed E-state index contributed by atoms with van der Waals surface area (Å²) < 4.78 is 6.84. The van der Waals surface area contributed by atoms with Crippen molar-refractivity contribution in [1.29, 1.82) is 0 Å². The van der Waals surface area contributed by atoms with Crippen LogP contribution >= 0.6 is 45.8 Å². The van der Waals surface area contributed by atoms with Gasteiger partial charge in [0.2, 0.25) is 0 Å². The van der Waals surface area contributed by atoms with Gasteiger partial charge < -0.3 is 4.74 Å². The number of rotatable bonds is 5. The molecule has 0 radical (unpaired) electrons. The molecule has 100 valence electrons. The van der Waals surface area contributed by atoms with E-state index in [1.807, 2.05) is 48.5 Å². The highest BCUT2D eigenvalue weighted by atomic mass is 127. The van der Waals surface area contributed by atoms with Crippen LogP contribution in [0.1, 0.15) is 17.2 Å². The lowest BCUT2D eigenvalue weighted by atomic mass is 10.1. The van der Waals surface area contributed by atoms with Crippen LogP contribution in [-0.4, -0.2) is 4.43 Å². The van der Waals surface area contributed by atoms with Gasteiger partial charge in [0, 0.05) is 14.5 Å². The number of benzene rings is 2. The van der Waals surface area contributed by atoms with Gasteiger partial charge >= 0.3 is 0 Å². The van der Waals surface area contributed by atoms with Gasteiger partial charge in [-0.2, -0.15) is 0 Å². The summed E-state index contributed by atoms with van der Waals surface area (Å²) in [6.45, 7) is 0.552. The maximum Gasteiger partial charge on any atom is 0.0918 e. The minimum Gasteiger partial charge on any atom is -0.368 e. The van der Waals surface area contributed by atoms with E-state index in [2.05, 4.69) is 22.6 Å². The number of alkyl halides is 1. The summed E-state index contributed by atoms with van der Waals surface area (Å²) in [7, 11) is 0. The fourth-order valence-corrected chi connectivity index (χ4v) is 2.83. The molecule has 0 saturated carbocycles. The minimum atomic E-state index is 0.0665.